The second-order valence-electron chi connectivity index (χ2n) is 5.48. The summed E-state index contributed by atoms with van der Waals surface area (Å²) in [6.07, 6.45) is 3.75. The summed E-state index contributed by atoms with van der Waals surface area (Å²) in [5, 5.41) is 0. The number of imidazole rings is 1. The third kappa shape index (κ3) is 3.53. The van der Waals surface area contributed by atoms with Crippen molar-refractivity contribution in [3.63, 3.8) is 0 Å². The Labute approximate surface area is 136 Å². The molecule has 0 aliphatic carbocycles. The number of thioether (sulfide) groups is 1. The number of nitrogens with zero attached hydrogens (tertiary/aromatic N) is 2. The van der Waals surface area contributed by atoms with Crippen molar-refractivity contribution in [2.75, 3.05) is 0 Å². The van der Waals surface area contributed by atoms with E-state index in [1.807, 2.05) is 11.8 Å². The van der Waals surface area contributed by atoms with Crippen LogP contribution in [0.5, 0.6) is 0 Å². The average molecular weight is 310 g/mol. The molecule has 0 atom stereocenters. The first-order valence-corrected chi connectivity index (χ1v) is 8.99. The zero-order chi connectivity index (χ0) is 15.2. The lowest BCUT2D eigenvalue weighted by Gasteiger charge is -2.09. The maximum atomic E-state index is 4.85. The van der Waals surface area contributed by atoms with E-state index in [9.17, 15) is 0 Å². The summed E-state index contributed by atoms with van der Waals surface area (Å²) in [5.74, 6) is 2.11. The molecule has 0 spiro atoms. The Morgan fingerprint density at radius 3 is 2.55 bits per heavy atom. The van der Waals surface area contributed by atoms with E-state index in [0.717, 1.165) is 17.8 Å². The van der Waals surface area contributed by atoms with Crippen LogP contribution >= 0.6 is 11.8 Å². The van der Waals surface area contributed by atoms with Gasteiger partial charge in [-0.2, -0.15) is 0 Å². The number of aromatic nitrogens is 2. The predicted octanol–water partition coefficient (Wildman–Crippen LogP) is 5.52. The van der Waals surface area contributed by atoms with Crippen molar-refractivity contribution in [2.24, 2.45) is 0 Å². The van der Waals surface area contributed by atoms with Gasteiger partial charge in [0.15, 0.2) is 0 Å². The molecule has 0 fully saturated rings. The Bertz CT molecular complexity index is 719. The van der Waals surface area contributed by atoms with Gasteiger partial charge in [0.05, 0.1) is 16.8 Å². The molecule has 0 aliphatic rings. The number of aryl methyl sites for hydroxylation is 1. The fraction of sp³-hybridized carbons (Fsp3) is 0.316. The van der Waals surface area contributed by atoms with E-state index in [1.54, 1.807) is 0 Å². The van der Waals surface area contributed by atoms with E-state index in [2.05, 4.69) is 66.1 Å². The number of hydrogen-bond donors (Lipinski definition) is 0. The molecule has 0 bridgehead atoms. The molecule has 3 rings (SSSR count). The highest BCUT2D eigenvalue weighted by Crippen LogP contribution is 2.25. The highest BCUT2D eigenvalue weighted by molar-refractivity contribution is 7.98. The van der Waals surface area contributed by atoms with Crippen LogP contribution < -0.4 is 0 Å². The minimum absolute atomic E-state index is 0.921. The zero-order valence-corrected chi connectivity index (χ0v) is 13.9. The molecule has 3 aromatic rings. The monoisotopic (exact) mass is 310 g/mol. The summed E-state index contributed by atoms with van der Waals surface area (Å²) in [6.45, 7) is 3.32. The van der Waals surface area contributed by atoms with Gasteiger partial charge in [-0.3, -0.25) is 0 Å². The molecular weight excluding hydrogens is 288 g/mol. The lowest BCUT2D eigenvalue weighted by atomic mass is 10.2. The lowest BCUT2D eigenvalue weighted by molar-refractivity contribution is 0.600. The minimum Gasteiger partial charge on any atom is -0.327 e. The molecule has 0 amide bonds. The van der Waals surface area contributed by atoms with Gasteiger partial charge in [0.25, 0.3) is 0 Å². The van der Waals surface area contributed by atoms with Crippen molar-refractivity contribution in [1.82, 2.24) is 9.55 Å². The molecule has 1 heterocycles. The molecule has 2 aromatic carbocycles. The number of unbranched alkanes of at least 4 members (excludes halogenated alkanes) is 2. The first-order valence-electron chi connectivity index (χ1n) is 8.00. The third-order valence-electron chi connectivity index (χ3n) is 3.83. The number of para-hydroxylation sites is 2. The molecule has 0 aliphatic heterocycles. The third-order valence-corrected chi connectivity index (χ3v) is 4.84. The Morgan fingerprint density at radius 1 is 0.955 bits per heavy atom. The van der Waals surface area contributed by atoms with Crippen LogP contribution in [0.25, 0.3) is 11.0 Å². The van der Waals surface area contributed by atoms with Crippen molar-refractivity contribution in [3.8, 4) is 0 Å². The summed E-state index contributed by atoms with van der Waals surface area (Å²) in [5.41, 5.74) is 2.38. The summed E-state index contributed by atoms with van der Waals surface area (Å²) in [4.78, 5) is 6.15. The Hall–Kier alpha value is -1.74. The van der Waals surface area contributed by atoms with E-state index in [1.165, 1.54) is 35.5 Å². The van der Waals surface area contributed by atoms with E-state index in [-0.39, 0.29) is 0 Å². The predicted molar refractivity (Wildman–Crippen MR) is 95.3 cm³/mol. The second kappa shape index (κ2) is 7.50. The SMILES string of the molecule is CCCCCn1c(CSc2ccccc2)nc2ccccc21. The van der Waals surface area contributed by atoms with Gasteiger partial charge < -0.3 is 4.57 Å². The molecule has 0 saturated carbocycles. The van der Waals surface area contributed by atoms with Crippen LogP contribution in [-0.4, -0.2) is 9.55 Å². The standard InChI is InChI=1S/C19H22N2S/c1-2-3-9-14-21-18-13-8-7-12-17(18)20-19(21)15-22-16-10-5-4-6-11-16/h4-8,10-13H,2-3,9,14-15H2,1H3. The minimum atomic E-state index is 0.921. The largest absolute Gasteiger partial charge is 0.327 e. The summed E-state index contributed by atoms with van der Waals surface area (Å²) < 4.78 is 2.40. The summed E-state index contributed by atoms with van der Waals surface area (Å²) >= 11 is 1.86. The van der Waals surface area contributed by atoms with Crippen LogP contribution in [0.1, 0.15) is 32.0 Å². The maximum Gasteiger partial charge on any atom is 0.120 e. The van der Waals surface area contributed by atoms with Crippen molar-refractivity contribution in [1.29, 1.82) is 0 Å². The van der Waals surface area contributed by atoms with Crippen molar-refractivity contribution < 1.29 is 0 Å². The van der Waals surface area contributed by atoms with Crippen LogP contribution in [0.2, 0.25) is 0 Å². The van der Waals surface area contributed by atoms with Crippen molar-refractivity contribution in [2.45, 2.75) is 43.4 Å². The number of rotatable bonds is 7. The zero-order valence-electron chi connectivity index (χ0n) is 13.0. The van der Waals surface area contributed by atoms with Gasteiger partial charge in [-0.25, -0.2) is 4.98 Å². The van der Waals surface area contributed by atoms with Gasteiger partial charge in [-0.15, -0.1) is 11.8 Å². The molecule has 22 heavy (non-hydrogen) atoms. The molecule has 0 radical (unpaired) electrons. The molecule has 3 heteroatoms. The van der Waals surface area contributed by atoms with E-state index in [4.69, 9.17) is 4.98 Å². The van der Waals surface area contributed by atoms with Gasteiger partial charge in [-0.05, 0) is 30.7 Å². The Kier molecular flexibility index (Phi) is 5.17. The van der Waals surface area contributed by atoms with E-state index >= 15 is 0 Å². The van der Waals surface area contributed by atoms with E-state index in [0.29, 0.717) is 0 Å². The van der Waals surface area contributed by atoms with Gasteiger partial charge in [0.1, 0.15) is 5.82 Å². The van der Waals surface area contributed by atoms with Gasteiger partial charge in [-0.1, -0.05) is 50.1 Å². The van der Waals surface area contributed by atoms with Crippen LogP contribution in [0.3, 0.4) is 0 Å². The van der Waals surface area contributed by atoms with Gasteiger partial charge >= 0.3 is 0 Å². The smallest absolute Gasteiger partial charge is 0.120 e. The molecule has 0 saturated heterocycles. The van der Waals surface area contributed by atoms with Crippen molar-refractivity contribution >= 4 is 22.8 Å². The normalized spacial score (nSPS) is 11.1. The summed E-state index contributed by atoms with van der Waals surface area (Å²) in [7, 11) is 0. The number of hydrogen-bond acceptors (Lipinski definition) is 2. The fourth-order valence-corrected chi connectivity index (χ4v) is 3.54. The number of benzene rings is 2. The molecule has 1 aromatic heterocycles. The van der Waals surface area contributed by atoms with Crippen LogP contribution in [-0.2, 0) is 12.3 Å². The van der Waals surface area contributed by atoms with Gasteiger partial charge in [0, 0.05) is 11.4 Å². The van der Waals surface area contributed by atoms with Gasteiger partial charge in [0.2, 0.25) is 0 Å². The molecule has 0 N–H and O–H groups in total. The van der Waals surface area contributed by atoms with Crippen LogP contribution in [0.4, 0.5) is 0 Å². The average Bonchev–Trinajstić information content (AvgIpc) is 2.92. The topological polar surface area (TPSA) is 17.8 Å². The highest BCUT2D eigenvalue weighted by atomic mass is 32.2. The van der Waals surface area contributed by atoms with Crippen molar-refractivity contribution in [3.05, 3.63) is 60.4 Å². The van der Waals surface area contributed by atoms with E-state index < -0.39 is 0 Å². The lowest BCUT2D eigenvalue weighted by Crippen LogP contribution is -2.03. The second-order valence-corrected chi connectivity index (χ2v) is 6.53. The Morgan fingerprint density at radius 2 is 1.73 bits per heavy atom. The highest BCUT2D eigenvalue weighted by Gasteiger charge is 2.10. The van der Waals surface area contributed by atoms with Crippen LogP contribution in [0, 0.1) is 0 Å². The maximum absolute atomic E-state index is 4.85. The molecule has 2 nitrogen and oxygen atoms in total. The fourth-order valence-electron chi connectivity index (χ4n) is 2.67. The number of fused-ring (bicyclic) bond motifs is 1. The summed E-state index contributed by atoms with van der Waals surface area (Å²) in [6, 6.07) is 19.0. The molecule has 0 unspecified atom stereocenters. The molecule has 114 valence electrons. The Balaban J connectivity index is 1.82. The molecular formula is C19H22N2S. The quantitative estimate of drug-likeness (QED) is 0.422. The van der Waals surface area contributed by atoms with Crippen LogP contribution in [0.15, 0.2) is 59.5 Å². The first kappa shape index (κ1) is 15.2. The first-order chi connectivity index (χ1) is 10.9.